The number of hydrogen-bond acceptors (Lipinski definition) is 6. The molecule has 100 valence electrons. The minimum absolute atomic E-state index is 0.274. The SMILES string of the molecule is CCOSOc1cccnc1-n1ccc(=O)[nH]c1=O. The second-order valence-electron chi connectivity index (χ2n) is 3.36. The zero-order valence-corrected chi connectivity index (χ0v) is 10.8. The Morgan fingerprint density at radius 2 is 2.26 bits per heavy atom. The molecule has 7 nitrogen and oxygen atoms in total. The lowest BCUT2D eigenvalue weighted by atomic mass is 10.4. The van der Waals surface area contributed by atoms with Gasteiger partial charge >= 0.3 is 5.69 Å². The van der Waals surface area contributed by atoms with Gasteiger partial charge in [-0.05, 0) is 19.1 Å². The molecule has 8 heteroatoms. The van der Waals surface area contributed by atoms with Gasteiger partial charge in [0, 0.05) is 18.5 Å². The van der Waals surface area contributed by atoms with E-state index < -0.39 is 11.2 Å². The summed E-state index contributed by atoms with van der Waals surface area (Å²) in [5, 5.41) is 0. The molecule has 2 rings (SSSR count). The third-order valence-electron chi connectivity index (χ3n) is 2.09. The molecule has 0 aliphatic heterocycles. The molecule has 0 radical (unpaired) electrons. The van der Waals surface area contributed by atoms with Gasteiger partial charge in [0.25, 0.3) is 5.56 Å². The maximum atomic E-state index is 11.7. The van der Waals surface area contributed by atoms with Crippen molar-refractivity contribution in [2.24, 2.45) is 0 Å². The summed E-state index contributed by atoms with van der Waals surface area (Å²) in [6, 6.07) is 4.55. The van der Waals surface area contributed by atoms with Gasteiger partial charge in [-0.1, -0.05) is 0 Å². The summed E-state index contributed by atoms with van der Waals surface area (Å²) >= 11 is 0.797. The molecule has 0 saturated heterocycles. The van der Waals surface area contributed by atoms with Crippen LogP contribution in [0.3, 0.4) is 0 Å². The van der Waals surface area contributed by atoms with E-state index in [0.717, 1.165) is 12.3 Å². The molecule has 0 aliphatic rings. The molecule has 0 atom stereocenters. The third kappa shape index (κ3) is 3.24. The number of nitrogens with one attached hydrogen (secondary N) is 1. The standard InChI is InChI=1S/C11H11N3O4S/c1-2-17-19-18-8-4-3-6-12-10(8)14-7-5-9(15)13-11(14)16/h3-7H,2H2,1H3,(H,13,15,16). The van der Waals surface area contributed by atoms with E-state index in [4.69, 9.17) is 8.37 Å². The Labute approximate surface area is 112 Å². The summed E-state index contributed by atoms with van der Waals surface area (Å²) in [5.41, 5.74) is -1.05. The highest BCUT2D eigenvalue weighted by Gasteiger charge is 2.09. The Kier molecular flexibility index (Phi) is 4.37. The van der Waals surface area contributed by atoms with Crippen molar-refractivity contribution < 1.29 is 8.37 Å². The van der Waals surface area contributed by atoms with Gasteiger partial charge in [-0.2, -0.15) is 0 Å². The van der Waals surface area contributed by atoms with Gasteiger partial charge in [-0.25, -0.2) is 14.3 Å². The molecule has 2 aromatic heterocycles. The molecule has 0 saturated carbocycles. The summed E-state index contributed by atoms with van der Waals surface area (Å²) in [4.78, 5) is 28.9. The third-order valence-corrected chi connectivity index (χ3v) is 2.67. The first-order valence-electron chi connectivity index (χ1n) is 5.46. The van der Waals surface area contributed by atoms with Crippen molar-refractivity contribution in [1.29, 1.82) is 0 Å². The minimum Gasteiger partial charge on any atom is -0.396 e. The number of aromatic amines is 1. The Morgan fingerprint density at radius 3 is 3.00 bits per heavy atom. The number of rotatable bonds is 5. The highest BCUT2D eigenvalue weighted by molar-refractivity contribution is 7.90. The number of H-pyrrole nitrogens is 1. The van der Waals surface area contributed by atoms with Crippen molar-refractivity contribution in [3.63, 3.8) is 0 Å². The first-order chi connectivity index (χ1) is 9.22. The molecule has 0 unspecified atom stereocenters. The monoisotopic (exact) mass is 281 g/mol. The van der Waals surface area contributed by atoms with E-state index >= 15 is 0 Å². The van der Waals surface area contributed by atoms with Crippen LogP contribution in [0, 0.1) is 0 Å². The zero-order valence-electron chi connectivity index (χ0n) is 10.0. The van der Waals surface area contributed by atoms with Crippen LogP contribution in [0.5, 0.6) is 5.75 Å². The summed E-state index contributed by atoms with van der Waals surface area (Å²) in [7, 11) is 0. The second-order valence-corrected chi connectivity index (χ2v) is 3.90. The number of hydrogen-bond donors (Lipinski definition) is 1. The van der Waals surface area contributed by atoms with Crippen molar-refractivity contribution in [2.45, 2.75) is 6.92 Å². The van der Waals surface area contributed by atoms with Crippen LogP contribution in [0.2, 0.25) is 0 Å². The average Bonchev–Trinajstić information content (AvgIpc) is 2.40. The maximum absolute atomic E-state index is 11.7. The Hall–Kier alpha value is -2.06. The Morgan fingerprint density at radius 1 is 1.42 bits per heavy atom. The van der Waals surface area contributed by atoms with E-state index in [1.54, 1.807) is 12.1 Å². The first-order valence-corrected chi connectivity index (χ1v) is 6.12. The normalized spacial score (nSPS) is 10.4. The van der Waals surface area contributed by atoms with Crippen molar-refractivity contribution >= 4 is 12.3 Å². The van der Waals surface area contributed by atoms with E-state index in [2.05, 4.69) is 9.97 Å². The van der Waals surface area contributed by atoms with Crippen molar-refractivity contribution in [1.82, 2.24) is 14.5 Å². The predicted octanol–water partition coefficient (Wildman–Crippen LogP) is 0.899. The summed E-state index contributed by atoms with van der Waals surface area (Å²) in [6.45, 7) is 2.31. The summed E-state index contributed by atoms with van der Waals surface area (Å²) in [5.74, 6) is 0.631. The molecule has 2 aromatic rings. The fourth-order valence-corrected chi connectivity index (χ4v) is 1.67. The average molecular weight is 281 g/mol. The Bertz CT molecular complexity index is 667. The second kappa shape index (κ2) is 6.21. The molecule has 0 fully saturated rings. The lowest BCUT2D eigenvalue weighted by molar-refractivity contribution is 0.369. The lowest BCUT2D eigenvalue weighted by Crippen LogP contribution is -2.28. The number of nitrogens with zero attached hydrogens (tertiary/aromatic N) is 2. The highest BCUT2D eigenvalue weighted by Crippen LogP contribution is 2.22. The van der Waals surface area contributed by atoms with Crippen molar-refractivity contribution in [3.8, 4) is 11.6 Å². The molecule has 0 aliphatic carbocycles. The van der Waals surface area contributed by atoms with Crippen LogP contribution < -0.4 is 15.4 Å². The van der Waals surface area contributed by atoms with E-state index in [1.807, 2.05) is 6.92 Å². The van der Waals surface area contributed by atoms with Crippen LogP contribution in [0.4, 0.5) is 0 Å². The maximum Gasteiger partial charge on any atom is 0.334 e. The molecule has 19 heavy (non-hydrogen) atoms. The van der Waals surface area contributed by atoms with Crippen LogP contribution in [-0.2, 0) is 4.18 Å². The molecule has 0 amide bonds. The van der Waals surface area contributed by atoms with Gasteiger partial charge in [0.2, 0.25) is 12.3 Å². The largest absolute Gasteiger partial charge is 0.396 e. The molecule has 0 bridgehead atoms. The Balaban J connectivity index is 2.38. The van der Waals surface area contributed by atoms with Gasteiger partial charge in [0.05, 0.1) is 6.61 Å². The van der Waals surface area contributed by atoms with Crippen LogP contribution in [0.1, 0.15) is 6.92 Å². The first kappa shape index (κ1) is 13.4. The lowest BCUT2D eigenvalue weighted by Gasteiger charge is -2.09. The highest BCUT2D eigenvalue weighted by atomic mass is 32.2. The predicted molar refractivity (Wildman–Crippen MR) is 70.3 cm³/mol. The fourth-order valence-electron chi connectivity index (χ4n) is 1.32. The number of aromatic nitrogens is 3. The molecule has 0 aromatic carbocycles. The van der Waals surface area contributed by atoms with E-state index in [9.17, 15) is 9.59 Å². The summed E-state index contributed by atoms with van der Waals surface area (Å²) < 4.78 is 11.5. The smallest absolute Gasteiger partial charge is 0.334 e. The van der Waals surface area contributed by atoms with Crippen molar-refractivity contribution in [2.75, 3.05) is 6.61 Å². The topological polar surface area (TPSA) is 86.2 Å². The van der Waals surface area contributed by atoms with Crippen molar-refractivity contribution in [3.05, 3.63) is 51.4 Å². The molecular formula is C11H11N3O4S. The summed E-state index contributed by atoms with van der Waals surface area (Å²) in [6.07, 6.45) is 2.85. The van der Waals surface area contributed by atoms with E-state index in [0.29, 0.717) is 12.4 Å². The molecule has 1 N–H and O–H groups in total. The minimum atomic E-state index is -0.586. The zero-order chi connectivity index (χ0) is 13.7. The van der Waals surface area contributed by atoms with Crippen LogP contribution in [0.15, 0.2) is 40.2 Å². The quantitative estimate of drug-likeness (QED) is 0.647. The van der Waals surface area contributed by atoms with Gasteiger partial charge in [-0.3, -0.25) is 14.0 Å². The van der Waals surface area contributed by atoms with Gasteiger partial charge in [0.15, 0.2) is 11.6 Å². The number of pyridine rings is 1. The van der Waals surface area contributed by atoms with Crippen LogP contribution >= 0.6 is 12.3 Å². The van der Waals surface area contributed by atoms with Gasteiger partial charge in [0.1, 0.15) is 0 Å². The van der Waals surface area contributed by atoms with E-state index in [1.165, 1.54) is 23.0 Å². The van der Waals surface area contributed by atoms with E-state index in [-0.39, 0.29) is 5.82 Å². The molecule has 0 spiro atoms. The van der Waals surface area contributed by atoms with Crippen LogP contribution in [-0.4, -0.2) is 21.1 Å². The molecular weight excluding hydrogens is 270 g/mol. The van der Waals surface area contributed by atoms with Gasteiger partial charge in [-0.15, -0.1) is 0 Å². The fraction of sp³-hybridized carbons (Fsp3) is 0.182. The van der Waals surface area contributed by atoms with Crippen LogP contribution in [0.25, 0.3) is 5.82 Å². The van der Waals surface area contributed by atoms with Gasteiger partial charge < -0.3 is 4.18 Å². The molecule has 2 heterocycles.